The van der Waals surface area contributed by atoms with Crippen LogP contribution in [0.15, 0.2) is 68.7 Å². The van der Waals surface area contributed by atoms with Crippen molar-refractivity contribution in [3.8, 4) is 11.8 Å². The normalized spacial score (nSPS) is 15.0. The van der Waals surface area contributed by atoms with E-state index in [0.717, 1.165) is 68.5 Å². The summed E-state index contributed by atoms with van der Waals surface area (Å²) >= 11 is 0. The number of benzene rings is 2. The molecule has 0 spiro atoms. The van der Waals surface area contributed by atoms with Crippen molar-refractivity contribution in [1.29, 1.82) is 0 Å². The van der Waals surface area contributed by atoms with Gasteiger partial charge in [-0.3, -0.25) is 14.2 Å². The Labute approximate surface area is 229 Å². The second kappa shape index (κ2) is 11.6. The third-order valence-corrected chi connectivity index (χ3v) is 8.03. The summed E-state index contributed by atoms with van der Waals surface area (Å²) in [6.07, 6.45) is 0.736. The lowest BCUT2D eigenvalue weighted by atomic mass is 10.0. The lowest BCUT2D eigenvalue weighted by molar-refractivity contribution is 0.246. The van der Waals surface area contributed by atoms with E-state index in [0.29, 0.717) is 0 Å². The molecule has 40 heavy (non-hydrogen) atoms. The number of fused-ring (bicyclic) bond motifs is 1. The van der Waals surface area contributed by atoms with Gasteiger partial charge in [0.2, 0.25) is 5.95 Å². The molecule has 2 N–H and O–H groups in total. The van der Waals surface area contributed by atoms with Gasteiger partial charge in [-0.2, -0.15) is 4.39 Å². The van der Waals surface area contributed by atoms with Gasteiger partial charge < -0.3 is 9.73 Å². The van der Waals surface area contributed by atoms with Crippen molar-refractivity contribution in [2.75, 3.05) is 37.4 Å². The summed E-state index contributed by atoms with van der Waals surface area (Å²) < 4.78 is 62.7. The SMILES string of the molecule is C[C@H](c1cccc(C#CCCN2CCNCC2)c1)n1c(=O)oc2cc(S(=O)(=O)Nc3cccc(F)n3)c(F)cc21. The number of oxazole rings is 1. The van der Waals surface area contributed by atoms with Gasteiger partial charge in [-0.05, 0) is 36.8 Å². The van der Waals surface area contributed by atoms with Gasteiger partial charge in [-0.15, -0.1) is 0 Å². The van der Waals surface area contributed by atoms with Crippen molar-refractivity contribution < 1.29 is 21.6 Å². The van der Waals surface area contributed by atoms with Gasteiger partial charge in [0.25, 0.3) is 10.0 Å². The standard InChI is InChI=1S/C28H27F2N5O4S/c1-19(21-8-4-7-20(16-21)6-2-3-13-34-14-11-31-12-15-34)35-23-17-22(29)25(18-24(23)39-28(35)36)40(37,38)33-27-10-5-9-26(30)32-27/h4-5,7-10,16-19,31H,3,11-15H2,1H3,(H,32,33)/t19-/m1/s1. The molecular formula is C28H27F2N5O4S. The van der Waals surface area contributed by atoms with Crippen LogP contribution in [0.5, 0.6) is 0 Å². The Balaban J connectivity index is 1.39. The molecule has 5 rings (SSSR count). The maximum atomic E-state index is 15.1. The Morgan fingerprint density at radius 3 is 2.67 bits per heavy atom. The average molecular weight is 568 g/mol. The maximum Gasteiger partial charge on any atom is 0.420 e. The molecule has 12 heteroatoms. The number of piperazine rings is 1. The van der Waals surface area contributed by atoms with Crippen LogP contribution in [0.3, 0.4) is 0 Å². The first-order chi connectivity index (χ1) is 19.2. The smallest absolute Gasteiger partial charge is 0.408 e. The topological polar surface area (TPSA) is 109 Å². The molecule has 0 bridgehead atoms. The molecule has 1 fully saturated rings. The fourth-order valence-electron chi connectivity index (χ4n) is 4.60. The summed E-state index contributed by atoms with van der Waals surface area (Å²) in [5.41, 5.74) is 1.50. The lowest BCUT2D eigenvalue weighted by Gasteiger charge is -2.26. The van der Waals surface area contributed by atoms with Crippen LogP contribution in [0, 0.1) is 23.6 Å². The van der Waals surface area contributed by atoms with Gasteiger partial charge in [0.15, 0.2) is 5.58 Å². The molecule has 208 valence electrons. The molecule has 1 aliphatic rings. The van der Waals surface area contributed by atoms with Crippen LogP contribution in [-0.4, -0.2) is 55.6 Å². The number of anilines is 1. The van der Waals surface area contributed by atoms with Crippen LogP contribution in [-0.2, 0) is 10.0 Å². The average Bonchev–Trinajstić information content (AvgIpc) is 3.25. The van der Waals surface area contributed by atoms with E-state index in [1.165, 1.54) is 16.7 Å². The Kier molecular flexibility index (Phi) is 7.97. The number of pyridine rings is 1. The molecule has 0 unspecified atom stereocenters. The molecule has 0 aliphatic carbocycles. The highest BCUT2D eigenvalue weighted by Crippen LogP contribution is 2.28. The molecule has 9 nitrogen and oxygen atoms in total. The van der Waals surface area contributed by atoms with Gasteiger partial charge in [-0.1, -0.05) is 30.0 Å². The van der Waals surface area contributed by atoms with Crippen LogP contribution in [0.2, 0.25) is 0 Å². The number of nitrogens with zero attached hydrogens (tertiary/aromatic N) is 3. The van der Waals surface area contributed by atoms with Crippen LogP contribution in [0.1, 0.15) is 30.5 Å². The first-order valence-corrected chi connectivity index (χ1v) is 14.2. The van der Waals surface area contributed by atoms with Crippen LogP contribution < -0.4 is 15.8 Å². The van der Waals surface area contributed by atoms with Gasteiger partial charge in [-0.25, -0.2) is 22.6 Å². The van der Waals surface area contributed by atoms with Crippen LogP contribution >= 0.6 is 0 Å². The summed E-state index contributed by atoms with van der Waals surface area (Å²) in [6.45, 7) is 6.65. The highest BCUT2D eigenvalue weighted by atomic mass is 32.2. The second-order valence-corrected chi connectivity index (χ2v) is 11.0. The highest BCUT2D eigenvalue weighted by Gasteiger charge is 2.25. The molecule has 1 saturated heterocycles. The fraction of sp³-hybridized carbons (Fsp3) is 0.286. The number of halogens is 2. The Bertz CT molecular complexity index is 1770. The largest absolute Gasteiger partial charge is 0.420 e. The van der Waals surface area contributed by atoms with Gasteiger partial charge in [0.1, 0.15) is 16.5 Å². The van der Waals surface area contributed by atoms with Crippen LogP contribution in [0.25, 0.3) is 11.1 Å². The highest BCUT2D eigenvalue weighted by molar-refractivity contribution is 7.92. The molecule has 1 atom stereocenters. The van der Waals surface area contributed by atoms with E-state index < -0.39 is 38.5 Å². The minimum absolute atomic E-state index is 0.0883. The van der Waals surface area contributed by atoms with E-state index in [2.05, 4.69) is 27.0 Å². The van der Waals surface area contributed by atoms with E-state index in [9.17, 15) is 17.6 Å². The molecule has 0 radical (unpaired) electrons. The first-order valence-electron chi connectivity index (χ1n) is 12.7. The zero-order valence-electron chi connectivity index (χ0n) is 21.7. The fourth-order valence-corrected chi connectivity index (χ4v) is 5.68. The minimum Gasteiger partial charge on any atom is -0.408 e. The predicted octanol–water partition coefficient (Wildman–Crippen LogP) is 3.32. The van der Waals surface area contributed by atoms with Gasteiger partial charge >= 0.3 is 5.76 Å². The van der Waals surface area contributed by atoms with Crippen LogP contribution in [0.4, 0.5) is 14.6 Å². The van der Waals surface area contributed by atoms with Gasteiger partial charge in [0.05, 0.1) is 11.6 Å². The molecule has 1 aliphatic heterocycles. The molecule has 0 amide bonds. The summed E-state index contributed by atoms with van der Waals surface area (Å²) in [5, 5.41) is 3.32. The van der Waals surface area contributed by atoms with Crippen molar-refractivity contribution in [2.45, 2.75) is 24.3 Å². The number of rotatable bonds is 7. The number of sulfonamides is 1. The molecule has 0 saturated carbocycles. The molecule has 2 aromatic heterocycles. The molecule has 3 heterocycles. The summed E-state index contributed by atoms with van der Waals surface area (Å²) in [7, 11) is -4.50. The molecular weight excluding hydrogens is 540 g/mol. The number of hydrogen-bond donors (Lipinski definition) is 2. The Morgan fingerprint density at radius 2 is 1.90 bits per heavy atom. The van der Waals surface area contributed by atoms with E-state index >= 15 is 4.39 Å². The van der Waals surface area contributed by atoms with Gasteiger partial charge in [0, 0.05) is 56.8 Å². The number of nitrogens with one attached hydrogen (secondary N) is 2. The summed E-state index contributed by atoms with van der Waals surface area (Å²) in [6, 6.07) is 12.2. The lowest BCUT2D eigenvalue weighted by Crippen LogP contribution is -2.43. The number of aromatic nitrogens is 2. The molecule has 4 aromatic rings. The van der Waals surface area contributed by atoms with Crippen molar-refractivity contribution in [3.63, 3.8) is 0 Å². The summed E-state index contributed by atoms with van der Waals surface area (Å²) in [4.78, 5) is 17.9. The monoisotopic (exact) mass is 567 g/mol. The quantitative estimate of drug-likeness (QED) is 0.261. The van der Waals surface area contributed by atoms with E-state index in [-0.39, 0.29) is 16.9 Å². The second-order valence-electron chi connectivity index (χ2n) is 9.38. The third-order valence-electron chi connectivity index (χ3n) is 6.66. The summed E-state index contributed by atoms with van der Waals surface area (Å²) in [5.74, 6) is 3.26. The van der Waals surface area contributed by atoms with Crippen molar-refractivity contribution in [2.24, 2.45) is 0 Å². The predicted molar refractivity (Wildman–Crippen MR) is 146 cm³/mol. The third kappa shape index (κ3) is 6.07. The van der Waals surface area contributed by atoms with E-state index in [1.54, 1.807) is 6.92 Å². The minimum atomic E-state index is -4.50. The Hall–Kier alpha value is -4.05. The first kappa shape index (κ1) is 27.5. The molecule has 2 aromatic carbocycles. The Morgan fingerprint density at radius 1 is 1.12 bits per heavy atom. The van der Waals surface area contributed by atoms with Crippen molar-refractivity contribution >= 4 is 26.9 Å². The van der Waals surface area contributed by atoms with E-state index in [1.807, 2.05) is 29.0 Å². The maximum absolute atomic E-state index is 15.1. The number of hydrogen-bond acceptors (Lipinski definition) is 7. The zero-order valence-corrected chi connectivity index (χ0v) is 22.5. The van der Waals surface area contributed by atoms with Crippen molar-refractivity contribution in [3.05, 3.63) is 88.0 Å². The zero-order chi connectivity index (χ0) is 28.3. The van der Waals surface area contributed by atoms with E-state index in [4.69, 9.17) is 4.42 Å². The van der Waals surface area contributed by atoms with Crippen molar-refractivity contribution in [1.82, 2.24) is 19.8 Å².